The molecule has 2 aromatic rings. The molecule has 2 rings (SSSR count). The van der Waals surface area contributed by atoms with Gasteiger partial charge >= 0.3 is 0 Å². The average molecular weight is 520 g/mol. The van der Waals surface area contributed by atoms with Crippen molar-refractivity contribution in [2.24, 2.45) is 0 Å². The molecule has 0 radical (unpaired) electrons. The monoisotopic (exact) mass is 519 g/mol. The molecule has 0 saturated heterocycles. The Morgan fingerprint density at radius 1 is 1.03 bits per heavy atom. The molecule has 36 heavy (non-hydrogen) atoms. The van der Waals surface area contributed by atoms with Crippen molar-refractivity contribution in [1.29, 1.82) is 0 Å². The molecular formula is C27H38FN3O4S. The van der Waals surface area contributed by atoms with E-state index in [1.807, 2.05) is 40.7 Å². The Labute approximate surface area is 214 Å². The average Bonchev–Trinajstić information content (AvgIpc) is 2.75. The van der Waals surface area contributed by atoms with Gasteiger partial charge in [-0.05, 0) is 81.5 Å². The zero-order valence-electron chi connectivity index (χ0n) is 22.0. The van der Waals surface area contributed by atoms with Gasteiger partial charge in [0.15, 0.2) is 0 Å². The lowest BCUT2D eigenvalue weighted by molar-refractivity contribution is -0.141. The molecule has 0 fully saturated rings. The van der Waals surface area contributed by atoms with Crippen LogP contribution in [0.5, 0.6) is 0 Å². The first-order valence-corrected chi connectivity index (χ1v) is 14.1. The van der Waals surface area contributed by atoms with Gasteiger partial charge in [0, 0.05) is 25.6 Å². The molecule has 7 nitrogen and oxygen atoms in total. The Bertz CT molecular complexity index is 1130. The van der Waals surface area contributed by atoms with Crippen LogP contribution in [-0.4, -0.2) is 50.0 Å². The summed E-state index contributed by atoms with van der Waals surface area (Å²) in [5.41, 5.74) is 3.16. The fourth-order valence-electron chi connectivity index (χ4n) is 4.19. The van der Waals surface area contributed by atoms with Gasteiger partial charge in [-0.1, -0.05) is 25.1 Å². The van der Waals surface area contributed by atoms with Gasteiger partial charge in [0.25, 0.3) is 0 Å². The quantitative estimate of drug-likeness (QED) is 0.453. The lowest BCUT2D eigenvalue weighted by atomic mass is 10.1. The molecule has 0 bridgehead atoms. The third kappa shape index (κ3) is 8.62. The molecule has 0 aromatic heterocycles. The van der Waals surface area contributed by atoms with Crippen LogP contribution in [-0.2, 0) is 26.2 Å². The van der Waals surface area contributed by atoms with E-state index in [0.29, 0.717) is 17.7 Å². The highest BCUT2D eigenvalue weighted by molar-refractivity contribution is 7.92. The zero-order valence-corrected chi connectivity index (χ0v) is 22.9. The van der Waals surface area contributed by atoms with E-state index in [1.54, 1.807) is 24.3 Å². The second kappa shape index (κ2) is 12.9. The van der Waals surface area contributed by atoms with E-state index in [9.17, 15) is 22.4 Å². The van der Waals surface area contributed by atoms with Gasteiger partial charge in [-0.25, -0.2) is 12.8 Å². The summed E-state index contributed by atoms with van der Waals surface area (Å²) < 4.78 is 39.8. The lowest BCUT2D eigenvalue weighted by Crippen LogP contribution is -2.50. The van der Waals surface area contributed by atoms with Gasteiger partial charge in [-0.2, -0.15) is 0 Å². The fraction of sp³-hybridized carbons (Fsp3) is 0.481. The van der Waals surface area contributed by atoms with Crippen LogP contribution in [0.1, 0.15) is 56.7 Å². The predicted octanol–water partition coefficient (Wildman–Crippen LogP) is 4.32. The van der Waals surface area contributed by atoms with Crippen molar-refractivity contribution < 1.29 is 22.4 Å². The van der Waals surface area contributed by atoms with Crippen LogP contribution in [0.15, 0.2) is 42.5 Å². The molecule has 0 saturated carbocycles. The minimum Gasteiger partial charge on any atom is -0.352 e. The molecule has 198 valence electrons. The molecule has 2 aromatic carbocycles. The smallest absolute Gasteiger partial charge is 0.243 e. The minimum atomic E-state index is -3.56. The normalized spacial score (nSPS) is 12.3. The number of carbonyl (C=O) groups excluding carboxylic acids is 2. The van der Waals surface area contributed by atoms with E-state index in [1.165, 1.54) is 21.3 Å². The second-order valence-corrected chi connectivity index (χ2v) is 11.4. The van der Waals surface area contributed by atoms with Crippen LogP contribution in [0, 0.1) is 19.7 Å². The van der Waals surface area contributed by atoms with Crippen molar-refractivity contribution in [3.8, 4) is 0 Å². The summed E-state index contributed by atoms with van der Waals surface area (Å²) in [6, 6.07) is 10.6. The maximum atomic E-state index is 13.4. The minimum absolute atomic E-state index is 0.0590. The Balaban J connectivity index is 2.23. The summed E-state index contributed by atoms with van der Waals surface area (Å²) in [4.78, 5) is 27.8. The standard InChI is InChI=1S/C27H38FN3O4S/c1-7-25(27(33)29-19(2)3)30(18-22-10-12-23(28)13-11-22)26(32)9-8-14-31(36(6,34)35)24-16-20(4)15-21(5)17-24/h10-13,15-17,19,25H,7-9,14,18H2,1-6H3,(H,29,33)/t25-/m1/s1. The van der Waals surface area contributed by atoms with Gasteiger partial charge in [-0.15, -0.1) is 0 Å². The highest BCUT2D eigenvalue weighted by Gasteiger charge is 2.29. The molecule has 0 aliphatic carbocycles. The van der Waals surface area contributed by atoms with Crippen molar-refractivity contribution in [2.75, 3.05) is 17.1 Å². The maximum absolute atomic E-state index is 13.4. The summed E-state index contributed by atoms with van der Waals surface area (Å²) in [5, 5.41) is 2.87. The summed E-state index contributed by atoms with van der Waals surface area (Å²) in [7, 11) is -3.56. The molecule has 9 heteroatoms. The number of amides is 2. The van der Waals surface area contributed by atoms with Crippen molar-refractivity contribution >= 4 is 27.5 Å². The number of sulfonamides is 1. The highest BCUT2D eigenvalue weighted by Crippen LogP contribution is 2.22. The summed E-state index contributed by atoms with van der Waals surface area (Å²) >= 11 is 0. The van der Waals surface area contributed by atoms with Gasteiger partial charge in [0.05, 0.1) is 11.9 Å². The Hall–Kier alpha value is -2.94. The Morgan fingerprint density at radius 2 is 1.61 bits per heavy atom. The summed E-state index contributed by atoms with van der Waals surface area (Å²) in [5.74, 6) is -0.900. The number of anilines is 1. The van der Waals surface area contributed by atoms with E-state index in [0.717, 1.165) is 17.4 Å². The predicted molar refractivity (Wildman–Crippen MR) is 142 cm³/mol. The van der Waals surface area contributed by atoms with E-state index < -0.39 is 16.1 Å². The first-order chi connectivity index (χ1) is 16.8. The Kier molecular flexibility index (Phi) is 10.5. The van der Waals surface area contributed by atoms with Gasteiger partial charge < -0.3 is 10.2 Å². The molecule has 2 amide bonds. The number of carbonyl (C=O) groups is 2. The summed E-state index contributed by atoms with van der Waals surface area (Å²) in [6.07, 6.45) is 1.89. The molecular weight excluding hydrogens is 481 g/mol. The van der Waals surface area contributed by atoms with Gasteiger partial charge in [0.2, 0.25) is 21.8 Å². The highest BCUT2D eigenvalue weighted by atomic mass is 32.2. The fourth-order valence-corrected chi connectivity index (χ4v) is 5.13. The van der Waals surface area contributed by atoms with Crippen LogP contribution in [0.3, 0.4) is 0 Å². The topological polar surface area (TPSA) is 86.8 Å². The largest absolute Gasteiger partial charge is 0.352 e. The van der Waals surface area contributed by atoms with Crippen molar-refractivity contribution in [3.63, 3.8) is 0 Å². The molecule has 0 heterocycles. The van der Waals surface area contributed by atoms with Crippen LogP contribution in [0.2, 0.25) is 0 Å². The van der Waals surface area contributed by atoms with Gasteiger partial charge in [-0.3, -0.25) is 13.9 Å². The first kappa shape index (κ1) is 29.3. The number of rotatable bonds is 12. The van der Waals surface area contributed by atoms with Crippen LogP contribution in [0.25, 0.3) is 0 Å². The van der Waals surface area contributed by atoms with E-state index >= 15 is 0 Å². The number of halogens is 1. The van der Waals surface area contributed by atoms with E-state index in [2.05, 4.69) is 5.32 Å². The molecule has 0 unspecified atom stereocenters. The molecule has 1 N–H and O–H groups in total. The number of nitrogens with zero attached hydrogens (tertiary/aromatic N) is 2. The second-order valence-electron chi connectivity index (χ2n) is 9.52. The third-order valence-corrected chi connectivity index (χ3v) is 6.92. The number of hydrogen-bond donors (Lipinski definition) is 1. The molecule has 1 atom stereocenters. The van der Waals surface area contributed by atoms with Gasteiger partial charge in [0.1, 0.15) is 11.9 Å². The SMILES string of the molecule is CC[C@H](C(=O)NC(C)C)N(Cc1ccc(F)cc1)C(=O)CCCN(c1cc(C)cc(C)c1)S(C)(=O)=O. The zero-order chi connectivity index (χ0) is 27.0. The first-order valence-electron chi connectivity index (χ1n) is 12.2. The third-order valence-electron chi connectivity index (χ3n) is 5.73. The lowest BCUT2D eigenvalue weighted by Gasteiger charge is -2.31. The molecule has 0 spiro atoms. The molecule has 0 aliphatic heterocycles. The maximum Gasteiger partial charge on any atom is 0.243 e. The number of hydrogen-bond acceptors (Lipinski definition) is 4. The van der Waals surface area contributed by atoms with Crippen LogP contribution >= 0.6 is 0 Å². The van der Waals surface area contributed by atoms with Crippen LogP contribution < -0.4 is 9.62 Å². The van der Waals surface area contributed by atoms with Crippen molar-refractivity contribution in [2.45, 2.75) is 72.5 Å². The van der Waals surface area contributed by atoms with Crippen molar-refractivity contribution in [1.82, 2.24) is 10.2 Å². The number of benzene rings is 2. The van der Waals surface area contributed by atoms with Crippen molar-refractivity contribution in [3.05, 3.63) is 65.0 Å². The van der Waals surface area contributed by atoms with E-state index in [4.69, 9.17) is 0 Å². The van der Waals surface area contributed by atoms with E-state index in [-0.39, 0.29) is 49.6 Å². The summed E-state index contributed by atoms with van der Waals surface area (Å²) in [6.45, 7) is 9.62. The number of aryl methyl sites for hydroxylation is 2. The number of nitrogens with one attached hydrogen (secondary N) is 1. The van der Waals surface area contributed by atoms with Crippen LogP contribution in [0.4, 0.5) is 10.1 Å². The Morgan fingerprint density at radius 3 is 2.11 bits per heavy atom. The molecule has 0 aliphatic rings.